The third-order valence-corrected chi connectivity index (χ3v) is 6.29. The number of hydrogen-bond acceptors (Lipinski definition) is 4. The average molecular weight is 425 g/mol. The molecule has 0 atom stereocenters. The number of benzene rings is 2. The van der Waals surface area contributed by atoms with Gasteiger partial charge in [0.15, 0.2) is 9.84 Å². The zero-order chi connectivity index (χ0) is 18.4. The Morgan fingerprint density at radius 1 is 1.08 bits per heavy atom. The molecule has 0 unspecified atom stereocenters. The van der Waals surface area contributed by atoms with Crippen molar-refractivity contribution in [3.63, 3.8) is 0 Å². The number of carbonyl (C=O) groups excluding carboxylic acids is 1. The summed E-state index contributed by atoms with van der Waals surface area (Å²) in [5, 5.41) is 5.39. The van der Waals surface area contributed by atoms with Gasteiger partial charge < -0.3 is 10.6 Å². The van der Waals surface area contributed by atoms with E-state index < -0.39 is 15.1 Å². The molecule has 2 N–H and O–H groups in total. The lowest BCUT2D eigenvalue weighted by molar-refractivity contribution is -0.114. The highest BCUT2D eigenvalue weighted by atomic mass is 79.9. The molecule has 134 valence electrons. The van der Waals surface area contributed by atoms with Gasteiger partial charge in [-0.05, 0) is 55.8 Å². The molecule has 0 bridgehead atoms. The SMILES string of the molecule is CC(C)S(=O)(=O)Cc1cccc(NCC(=O)Nc2ccc(Br)cc2)c1. The fraction of sp³-hybridized carbons (Fsp3) is 0.278. The van der Waals surface area contributed by atoms with Crippen LogP contribution in [0.4, 0.5) is 11.4 Å². The molecule has 0 fully saturated rings. The van der Waals surface area contributed by atoms with Crippen molar-refractivity contribution < 1.29 is 13.2 Å². The van der Waals surface area contributed by atoms with E-state index in [-0.39, 0.29) is 18.2 Å². The van der Waals surface area contributed by atoms with Gasteiger partial charge in [-0.25, -0.2) is 8.42 Å². The smallest absolute Gasteiger partial charge is 0.243 e. The molecule has 0 aliphatic rings. The van der Waals surface area contributed by atoms with Gasteiger partial charge in [0, 0.05) is 15.8 Å². The maximum atomic E-state index is 12.0. The van der Waals surface area contributed by atoms with E-state index in [2.05, 4.69) is 26.6 Å². The predicted molar refractivity (Wildman–Crippen MR) is 105 cm³/mol. The minimum Gasteiger partial charge on any atom is -0.376 e. The Bertz CT molecular complexity index is 834. The molecule has 1 amide bonds. The van der Waals surface area contributed by atoms with E-state index in [4.69, 9.17) is 0 Å². The quantitative estimate of drug-likeness (QED) is 0.707. The van der Waals surface area contributed by atoms with E-state index in [1.54, 1.807) is 50.2 Å². The standard InChI is InChI=1S/C18H21BrN2O3S/c1-13(2)25(23,24)12-14-4-3-5-17(10-14)20-11-18(22)21-16-8-6-15(19)7-9-16/h3-10,13,20H,11-12H2,1-2H3,(H,21,22). The van der Waals surface area contributed by atoms with Crippen molar-refractivity contribution in [3.8, 4) is 0 Å². The molecule has 0 aliphatic carbocycles. The third kappa shape index (κ3) is 6.17. The molecule has 2 aromatic rings. The lowest BCUT2D eigenvalue weighted by Crippen LogP contribution is -2.21. The van der Waals surface area contributed by atoms with Crippen molar-refractivity contribution in [1.29, 1.82) is 0 Å². The molecule has 25 heavy (non-hydrogen) atoms. The Labute approximate surface area is 156 Å². The molecule has 0 saturated heterocycles. The number of anilines is 2. The molecule has 2 aromatic carbocycles. The Kier molecular flexibility index (Phi) is 6.61. The summed E-state index contributed by atoms with van der Waals surface area (Å²) in [6.45, 7) is 3.43. The largest absolute Gasteiger partial charge is 0.376 e. The summed E-state index contributed by atoms with van der Waals surface area (Å²) in [7, 11) is -3.15. The summed E-state index contributed by atoms with van der Waals surface area (Å²) in [5.41, 5.74) is 2.13. The van der Waals surface area contributed by atoms with Crippen LogP contribution in [0.5, 0.6) is 0 Å². The predicted octanol–water partition coefficient (Wildman–Crippen LogP) is 3.82. The van der Waals surface area contributed by atoms with Gasteiger partial charge >= 0.3 is 0 Å². The van der Waals surface area contributed by atoms with Crippen LogP contribution >= 0.6 is 15.9 Å². The number of sulfone groups is 1. The monoisotopic (exact) mass is 424 g/mol. The van der Waals surface area contributed by atoms with Crippen LogP contribution in [0, 0.1) is 0 Å². The lowest BCUT2D eigenvalue weighted by Gasteiger charge is -2.11. The molecule has 0 radical (unpaired) electrons. The number of amides is 1. The van der Waals surface area contributed by atoms with Crippen molar-refractivity contribution in [3.05, 3.63) is 58.6 Å². The van der Waals surface area contributed by atoms with Crippen LogP contribution in [0.25, 0.3) is 0 Å². The van der Waals surface area contributed by atoms with Crippen LogP contribution < -0.4 is 10.6 Å². The summed E-state index contributed by atoms with van der Waals surface area (Å²) in [5.74, 6) is -0.187. The molecule has 0 heterocycles. The number of rotatable bonds is 7. The Balaban J connectivity index is 1.93. The molecule has 0 spiro atoms. The zero-order valence-corrected chi connectivity index (χ0v) is 16.5. The van der Waals surface area contributed by atoms with E-state index in [0.29, 0.717) is 16.9 Å². The lowest BCUT2D eigenvalue weighted by atomic mass is 10.2. The third-order valence-electron chi connectivity index (χ3n) is 3.59. The normalized spacial score (nSPS) is 11.4. The van der Waals surface area contributed by atoms with Crippen LogP contribution in [-0.4, -0.2) is 26.1 Å². The van der Waals surface area contributed by atoms with Crippen molar-refractivity contribution in [2.75, 3.05) is 17.2 Å². The van der Waals surface area contributed by atoms with Crippen LogP contribution in [0.3, 0.4) is 0 Å². The van der Waals surface area contributed by atoms with E-state index in [1.807, 2.05) is 12.1 Å². The maximum absolute atomic E-state index is 12.0. The minimum atomic E-state index is -3.15. The second kappa shape index (κ2) is 8.49. The summed E-state index contributed by atoms with van der Waals surface area (Å²) in [4.78, 5) is 12.0. The van der Waals surface area contributed by atoms with Gasteiger partial charge in [0.1, 0.15) is 0 Å². The van der Waals surface area contributed by atoms with Crippen molar-refractivity contribution in [2.24, 2.45) is 0 Å². The van der Waals surface area contributed by atoms with Crippen LogP contribution in [0.15, 0.2) is 53.0 Å². The first-order valence-corrected chi connectivity index (χ1v) is 10.4. The highest BCUT2D eigenvalue weighted by molar-refractivity contribution is 9.10. The minimum absolute atomic E-state index is 0.00865. The maximum Gasteiger partial charge on any atom is 0.243 e. The van der Waals surface area contributed by atoms with Crippen molar-refractivity contribution in [2.45, 2.75) is 24.9 Å². The first kappa shape index (κ1) is 19.5. The molecule has 0 aliphatic heterocycles. The molecule has 0 saturated carbocycles. The van der Waals surface area contributed by atoms with Crippen LogP contribution in [0.1, 0.15) is 19.4 Å². The van der Waals surface area contributed by atoms with E-state index >= 15 is 0 Å². The van der Waals surface area contributed by atoms with Crippen molar-refractivity contribution >= 4 is 43.0 Å². The number of hydrogen-bond donors (Lipinski definition) is 2. The molecule has 2 rings (SSSR count). The Hall–Kier alpha value is -1.86. The van der Waals surface area contributed by atoms with Gasteiger partial charge in [0.25, 0.3) is 0 Å². The number of halogens is 1. The van der Waals surface area contributed by atoms with Crippen LogP contribution in [0.2, 0.25) is 0 Å². The van der Waals surface area contributed by atoms with Gasteiger partial charge in [-0.2, -0.15) is 0 Å². The second-order valence-electron chi connectivity index (χ2n) is 5.96. The van der Waals surface area contributed by atoms with E-state index in [1.165, 1.54) is 0 Å². The molecule has 5 nitrogen and oxygen atoms in total. The summed E-state index contributed by atoms with van der Waals surface area (Å²) < 4.78 is 25.0. The first-order valence-electron chi connectivity index (χ1n) is 7.86. The van der Waals surface area contributed by atoms with Gasteiger partial charge in [-0.1, -0.05) is 28.1 Å². The van der Waals surface area contributed by atoms with E-state index in [9.17, 15) is 13.2 Å². The molecular formula is C18H21BrN2O3S. The van der Waals surface area contributed by atoms with Gasteiger partial charge in [-0.15, -0.1) is 0 Å². The summed E-state index contributed by atoms with van der Waals surface area (Å²) in [6.07, 6.45) is 0. The fourth-order valence-electron chi connectivity index (χ4n) is 2.09. The molecule has 7 heteroatoms. The summed E-state index contributed by atoms with van der Waals surface area (Å²) in [6, 6.07) is 14.4. The summed E-state index contributed by atoms with van der Waals surface area (Å²) >= 11 is 3.34. The molecular weight excluding hydrogens is 404 g/mol. The first-order chi connectivity index (χ1) is 11.8. The van der Waals surface area contributed by atoms with Gasteiger partial charge in [-0.3, -0.25) is 4.79 Å². The highest BCUT2D eigenvalue weighted by Crippen LogP contribution is 2.16. The van der Waals surface area contributed by atoms with Crippen molar-refractivity contribution in [1.82, 2.24) is 0 Å². The zero-order valence-electron chi connectivity index (χ0n) is 14.1. The van der Waals surface area contributed by atoms with E-state index in [0.717, 1.165) is 4.47 Å². The second-order valence-corrected chi connectivity index (χ2v) is 9.44. The van der Waals surface area contributed by atoms with Gasteiger partial charge in [0.2, 0.25) is 5.91 Å². The highest BCUT2D eigenvalue weighted by Gasteiger charge is 2.16. The van der Waals surface area contributed by atoms with Gasteiger partial charge in [0.05, 0.1) is 17.5 Å². The average Bonchev–Trinajstić information content (AvgIpc) is 2.55. The number of nitrogens with one attached hydrogen (secondary N) is 2. The number of carbonyl (C=O) groups is 1. The topological polar surface area (TPSA) is 75.3 Å². The van der Waals surface area contributed by atoms with Crippen LogP contribution in [-0.2, 0) is 20.4 Å². The Morgan fingerprint density at radius 2 is 1.76 bits per heavy atom. The Morgan fingerprint density at radius 3 is 2.40 bits per heavy atom. The molecule has 0 aromatic heterocycles. The fourth-order valence-corrected chi connectivity index (χ4v) is 3.33.